The maximum atomic E-state index is 11.0. The molecule has 0 heterocycles. The first-order chi connectivity index (χ1) is 5.36. The summed E-state index contributed by atoms with van der Waals surface area (Å²) < 4.78 is 0. The molecular weight excluding hydrogens is 143 g/mol. The third-order valence-corrected chi connectivity index (χ3v) is 2.72. The average molecular weight is 156 g/mol. The molecule has 0 unspecified atom stereocenters. The fraction of sp³-hybridized carbons (Fsp3) is 0.600. The van der Waals surface area contributed by atoms with E-state index in [0.29, 0.717) is 0 Å². The number of rotatable bonds is 0. The molecule has 0 aromatic carbocycles. The van der Waals surface area contributed by atoms with Crippen LogP contribution in [0.1, 0.15) is 32.1 Å². The van der Waals surface area contributed by atoms with E-state index in [-0.39, 0.29) is 24.6 Å². The molecule has 0 aromatic heterocycles. The fourth-order valence-corrected chi connectivity index (χ4v) is 2.07. The molecule has 1 nitrogen and oxygen atoms in total. The van der Waals surface area contributed by atoms with Gasteiger partial charge in [-0.25, -0.2) is 0 Å². The van der Waals surface area contributed by atoms with Gasteiger partial charge in [-0.2, -0.15) is 0 Å². The van der Waals surface area contributed by atoms with Gasteiger partial charge in [0.15, 0.2) is 0 Å². The summed E-state index contributed by atoms with van der Waals surface area (Å²) in [5, 5.41) is 11.0. The van der Waals surface area contributed by atoms with Crippen molar-refractivity contribution in [2.45, 2.75) is 32.1 Å². The zero-order valence-corrected chi connectivity index (χ0v) is 7.68. The number of fused-ring (bicyclic) bond motifs is 1. The predicted molar refractivity (Wildman–Crippen MR) is 42.7 cm³/mol. The van der Waals surface area contributed by atoms with Gasteiger partial charge in [0, 0.05) is 0 Å². The molecule has 0 N–H and O–H groups in total. The summed E-state index contributed by atoms with van der Waals surface area (Å²) in [4.78, 5) is 0. The first-order valence-corrected chi connectivity index (χ1v) is 4.44. The molecule has 2 aliphatic rings. The molecule has 0 radical (unpaired) electrons. The Morgan fingerprint density at radius 1 is 1.33 bits per heavy atom. The molecule has 2 rings (SSSR count). The molecule has 1 saturated carbocycles. The summed E-state index contributed by atoms with van der Waals surface area (Å²) >= 11 is 0. The maximum absolute atomic E-state index is 11.0. The molecule has 2 aliphatic carbocycles. The minimum Gasteiger partial charge on any atom is -0.873 e. The third-order valence-electron chi connectivity index (χ3n) is 2.72. The van der Waals surface area contributed by atoms with Gasteiger partial charge < -0.3 is 5.11 Å². The van der Waals surface area contributed by atoms with Crippen molar-refractivity contribution < 1.29 is 24.0 Å². The fourth-order valence-electron chi connectivity index (χ4n) is 2.07. The Hall–Kier alpha value is -0.123. The molecule has 1 atom stereocenters. The van der Waals surface area contributed by atoms with Crippen LogP contribution in [0.3, 0.4) is 0 Å². The summed E-state index contributed by atoms with van der Waals surface area (Å²) in [7, 11) is 0. The van der Waals surface area contributed by atoms with Crippen molar-refractivity contribution in [3.05, 3.63) is 23.5 Å². The average Bonchev–Trinajstić information content (AvgIpc) is 2.04. The van der Waals surface area contributed by atoms with Crippen LogP contribution < -0.4 is 24.0 Å². The first kappa shape index (κ1) is 9.96. The molecular formula is C10H13LiO. The van der Waals surface area contributed by atoms with Crippen LogP contribution in [0.2, 0.25) is 0 Å². The Morgan fingerprint density at radius 3 is 3.00 bits per heavy atom. The van der Waals surface area contributed by atoms with Gasteiger partial charge in [0.1, 0.15) is 0 Å². The minimum atomic E-state index is 0. The van der Waals surface area contributed by atoms with Gasteiger partial charge in [-0.15, -0.1) is 5.76 Å². The van der Waals surface area contributed by atoms with Crippen LogP contribution in [0.5, 0.6) is 0 Å². The molecule has 1 fully saturated rings. The van der Waals surface area contributed by atoms with Gasteiger partial charge in [0.05, 0.1) is 0 Å². The van der Waals surface area contributed by atoms with Gasteiger partial charge in [0.25, 0.3) is 0 Å². The smallest absolute Gasteiger partial charge is 0.873 e. The van der Waals surface area contributed by atoms with Crippen LogP contribution in [0.15, 0.2) is 23.5 Å². The topological polar surface area (TPSA) is 23.1 Å². The van der Waals surface area contributed by atoms with Crippen LogP contribution in [0, 0.1) is 5.92 Å². The third kappa shape index (κ3) is 1.97. The first-order valence-electron chi connectivity index (χ1n) is 4.44. The van der Waals surface area contributed by atoms with Gasteiger partial charge in [-0.05, 0) is 31.6 Å². The monoisotopic (exact) mass is 156 g/mol. The van der Waals surface area contributed by atoms with Crippen molar-refractivity contribution in [1.29, 1.82) is 0 Å². The Kier molecular flexibility index (Phi) is 3.49. The van der Waals surface area contributed by atoms with Crippen molar-refractivity contribution in [3.8, 4) is 0 Å². The summed E-state index contributed by atoms with van der Waals surface area (Å²) in [5.41, 5.74) is 1.42. The molecule has 2 heteroatoms. The Labute approximate surface area is 85.7 Å². The quantitative estimate of drug-likeness (QED) is 0.402. The molecule has 12 heavy (non-hydrogen) atoms. The van der Waals surface area contributed by atoms with Crippen LogP contribution in [0.25, 0.3) is 0 Å². The van der Waals surface area contributed by atoms with Crippen LogP contribution in [0.4, 0.5) is 0 Å². The van der Waals surface area contributed by atoms with Gasteiger partial charge in [-0.3, -0.25) is 0 Å². The van der Waals surface area contributed by atoms with E-state index < -0.39 is 0 Å². The summed E-state index contributed by atoms with van der Waals surface area (Å²) in [5.74, 6) is 0.958. The molecule has 0 aromatic rings. The van der Waals surface area contributed by atoms with Crippen molar-refractivity contribution >= 4 is 0 Å². The second kappa shape index (κ2) is 4.21. The van der Waals surface area contributed by atoms with E-state index in [9.17, 15) is 5.11 Å². The van der Waals surface area contributed by atoms with Crippen molar-refractivity contribution in [2.75, 3.05) is 0 Å². The summed E-state index contributed by atoms with van der Waals surface area (Å²) in [6.07, 6.45) is 9.80. The number of allylic oxidation sites excluding steroid dienone is 3. The molecule has 0 spiro atoms. The van der Waals surface area contributed by atoms with Crippen LogP contribution >= 0.6 is 0 Å². The van der Waals surface area contributed by atoms with E-state index in [1.54, 1.807) is 0 Å². The molecule has 0 amide bonds. The second-order valence-electron chi connectivity index (χ2n) is 3.50. The second-order valence-corrected chi connectivity index (χ2v) is 3.50. The van der Waals surface area contributed by atoms with E-state index in [4.69, 9.17) is 0 Å². The zero-order chi connectivity index (χ0) is 7.68. The molecule has 60 valence electrons. The Bertz CT molecular complexity index is 218. The van der Waals surface area contributed by atoms with Crippen molar-refractivity contribution in [3.63, 3.8) is 0 Å². The number of hydrogen-bond acceptors (Lipinski definition) is 1. The SMILES string of the molecule is [Li+].[O-]C1=CC[C@@H]2CCCCC2=C1. The van der Waals surface area contributed by atoms with E-state index in [1.807, 2.05) is 12.2 Å². The zero-order valence-electron chi connectivity index (χ0n) is 7.68. The predicted octanol–water partition coefficient (Wildman–Crippen LogP) is -1.25. The van der Waals surface area contributed by atoms with Crippen molar-refractivity contribution in [2.24, 2.45) is 5.92 Å². The van der Waals surface area contributed by atoms with Crippen LogP contribution in [-0.4, -0.2) is 0 Å². The Balaban J connectivity index is 0.000000720. The maximum Gasteiger partial charge on any atom is 1.00 e. The molecule has 0 aliphatic heterocycles. The van der Waals surface area contributed by atoms with Gasteiger partial charge in [0.2, 0.25) is 0 Å². The number of hydrogen-bond donors (Lipinski definition) is 0. The van der Waals surface area contributed by atoms with E-state index in [0.717, 1.165) is 12.3 Å². The Morgan fingerprint density at radius 2 is 2.17 bits per heavy atom. The van der Waals surface area contributed by atoms with E-state index >= 15 is 0 Å². The minimum absolute atomic E-state index is 0. The van der Waals surface area contributed by atoms with E-state index in [2.05, 4.69) is 0 Å². The normalized spacial score (nSPS) is 27.8. The van der Waals surface area contributed by atoms with Crippen molar-refractivity contribution in [1.82, 2.24) is 0 Å². The molecule has 0 saturated heterocycles. The largest absolute Gasteiger partial charge is 1.00 e. The summed E-state index contributed by atoms with van der Waals surface area (Å²) in [6, 6.07) is 0. The van der Waals surface area contributed by atoms with Gasteiger partial charge in [-0.1, -0.05) is 24.1 Å². The summed E-state index contributed by atoms with van der Waals surface area (Å²) in [6.45, 7) is 0. The van der Waals surface area contributed by atoms with Crippen LogP contribution in [-0.2, 0) is 0 Å². The van der Waals surface area contributed by atoms with Gasteiger partial charge >= 0.3 is 18.9 Å². The standard InChI is InChI=1S/C10H14O.Li/c11-10-6-5-8-3-1-2-4-9(8)7-10;/h6-8,11H,1-5H2;/q;+1/p-1/t8-;/m0./s1. The van der Waals surface area contributed by atoms with E-state index in [1.165, 1.54) is 31.3 Å². The molecule has 0 bridgehead atoms.